The molecule has 162 valence electrons. The minimum atomic E-state index is -0.324. The standard InChI is InChI=1S/C24H25N7O/c1-2-30-12-14-31(15-13-30)19-10-8-18(9-11-19)26-23-21-20(16-25-29-24(21)32)27-22(28-23)17-6-4-3-5-7-17/h3-11,16H,2,12-15H2,1H3,(H,29,32)(H,26,27,28). The van der Waals surface area contributed by atoms with E-state index in [0.717, 1.165) is 44.0 Å². The first-order chi connectivity index (χ1) is 15.7. The third-order valence-electron chi connectivity index (χ3n) is 5.86. The van der Waals surface area contributed by atoms with Crippen LogP contribution in [0.2, 0.25) is 0 Å². The molecule has 0 saturated carbocycles. The molecule has 8 nitrogen and oxygen atoms in total. The third-order valence-corrected chi connectivity index (χ3v) is 5.86. The van der Waals surface area contributed by atoms with Crippen molar-refractivity contribution in [3.05, 3.63) is 71.1 Å². The number of benzene rings is 2. The van der Waals surface area contributed by atoms with Crippen molar-refractivity contribution in [3.8, 4) is 11.4 Å². The van der Waals surface area contributed by atoms with Crippen LogP contribution in [0.3, 0.4) is 0 Å². The maximum absolute atomic E-state index is 12.5. The highest BCUT2D eigenvalue weighted by molar-refractivity contribution is 5.91. The Morgan fingerprint density at radius 2 is 1.72 bits per heavy atom. The van der Waals surface area contributed by atoms with Crippen LogP contribution in [-0.2, 0) is 0 Å². The molecular formula is C24H25N7O. The third kappa shape index (κ3) is 4.04. The summed E-state index contributed by atoms with van der Waals surface area (Å²) in [5, 5.41) is 10.1. The van der Waals surface area contributed by atoms with E-state index in [1.807, 2.05) is 42.5 Å². The predicted octanol–water partition coefficient (Wildman–Crippen LogP) is 3.27. The molecule has 0 amide bonds. The average molecular weight is 428 g/mol. The fourth-order valence-electron chi connectivity index (χ4n) is 4.02. The van der Waals surface area contributed by atoms with Crippen LogP contribution >= 0.6 is 0 Å². The number of rotatable bonds is 5. The van der Waals surface area contributed by atoms with Crippen molar-refractivity contribution in [2.75, 3.05) is 42.9 Å². The molecule has 0 bridgehead atoms. The van der Waals surface area contributed by atoms with E-state index in [2.05, 4.69) is 54.3 Å². The molecule has 4 aromatic rings. The summed E-state index contributed by atoms with van der Waals surface area (Å²) in [6, 6.07) is 18.0. The van der Waals surface area contributed by atoms with Gasteiger partial charge in [-0.25, -0.2) is 15.1 Å². The number of piperazine rings is 1. The summed E-state index contributed by atoms with van der Waals surface area (Å²) in [6.45, 7) is 7.53. The zero-order valence-electron chi connectivity index (χ0n) is 18.0. The number of anilines is 3. The van der Waals surface area contributed by atoms with Crippen molar-refractivity contribution < 1.29 is 0 Å². The Morgan fingerprint density at radius 3 is 2.44 bits per heavy atom. The maximum Gasteiger partial charge on any atom is 0.277 e. The summed E-state index contributed by atoms with van der Waals surface area (Å²) in [7, 11) is 0. The SMILES string of the molecule is CCN1CCN(c2ccc(Nc3nc(-c4ccccc4)nc4cn[nH]c(=O)c34)cc2)CC1. The summed E-state index contributed by atoms with van der Waals surface area (Å²) in [5.74, 6) is 1.00. The van der Waals surface area contributed by atoms with E-state index in [4.69, 9.17) is 0 Å². The van der Waals surface area contributed by atoms with E-state index in [9.17, 15) is 4.79 Å². The molecule has 0 unspecified atom stereocenters. The van der Waals surface area contributed by atoms with Crippen molar-refractivity contribution >= 4 is 28.1 Å². The van der Waals surface area contributed by atoms with Crippen molar-refractivity contribution in [3.63, 3.8) is 0 Å². The van der Waals surface area contributed by atoms with Crippen LogP contribution in [0.1, 0.15) is 6.92 Å². The lowest BCUT2D eigenvalue weighted by Gasteiger charge is -2.35. The van der Waals surface area contributed by atoms with Crippen molar-refractivity contribution in [2.45, 2.75) is 6.92 Å². The molecule has 1 saturated heterocycles. The van der Waals surface area contributed by atoms with E-state index in [1.165, 1.54) is 5.69 Å². The normalized spacial score (nSPS) is 14.6. The number of aromatic nitrogens is 4. The first kappa shape index (κ1) is 20.1. The molecule has 1 fully saturated rings. The molecule has 0 atom stereocenters. The van der Waals surface area contributed by atoms with Gasteiger partial charge in [-0.15, -0.1) is 0 Å². The van der Waals surface area contributed by atoms with Gasteiger partial charge in [-0.2, -0.15) is 5.10 Å². The Kier molecular flexibility index (Phi) is 5.51. The lowest BCUT2D eigenvalue weighted by molar-refractivity contribution is 0.271. The van der Waals surface area contributed by atoms with Gasteiger partial charge >= 0.3 is 0 Å². The quantitative estimate of drug-likeness (QED) is 0.505. The van der Waals surface area contributed by atoms with Crippen LogP contribution in [0.4, 0.5) is 17.2 Å². The van der Waals surface area contributed by atoms with Crippen LogP contribution in [0.25, 0.3) is 22.3 Å². The van der Waals surface area contributed by atoms with Gasteiger partial charge in [-0.1, -0.05) is 37.3 Å². The molecule has 0 aliphatic carbocycles. The number of aromatic amines is 1. The van der Waals surface area contributed by atoms with Gasteiger partial charge in [0.05, 0.1) is 6.20 Å². The average Bonchev–Trinajstić information content (AvgIpc) is 2.85. The largest absolute Gasteiger partial charge is 0.369 e. The molecule has 2 aromatic heterocycles. The van der Waals surface area contributed by atoms with E-state index in [1.54, 1.807) is 6.20 Å². The molecule has 2 N–H and O–H groups in total. The molecule has 32 heavy (non-hydrogen) atoms. The summed E-state index contributed by atoms with van der Waals surface area (Å²) < 4.78 is 0. The highest BCUT2D eigenvalue weighted by Crippen LogP contribution is 2.26. The fraction of sp³-hybridized carbons (Fsp3) is 0.250. The van der Waals surface area contributed by atoms with Gasteiger partial charge in [0.15, 0.2) is 5.82 Å². The molecule has 3 heterocycles. The Balaban J connectivity index is 1.45. The van der Waals surface area contributed by atoms with E-state index < -0.39 is 0 Å². The number of fused-ring (bicyclic) bond motifs is 1. The fourth-order valence-corrected chi connectivity index (χ4v) is 4.02. The molecule has 8 heteroatoms. The van der Waals surface area contributed by atoms with Gasteiger partial charge in [-0.05, 0) is 30.8 Å². The highest BCUT2D eigenvalue weighted by Gasteiger charge is 2.16. The van der Waals surface area contributed by atoms with E-state index in [-0.39, 0.29) is 5.56 Å². The Hall–Kier alpha value is -3.78. The second kappa shape index (κ2) is 8.76. The van der Waals surface area contributed by atoms with Gasteiger partial charge in [0.25, 0.3) is 5.56 Å². The summed E-state index contributed by atoms with van der Waals surface area (Å²) in [6.07, 6.45) is 1.55. The minimum Gasteiger partial charge on any atom is -0.369 e. The van der Waals surface area contributed by atoms with Crippen molar-refractivity contribution in [2.24, 2.45) is 0 Å². The first-order valence-corrected chi connectivity index (χ1v) is 10.9. The zero-order valence-corrected chi connectivity index (χ0v) is 18.0. The molecule has 5 rings (SSSR count). The maximum atomic E-state index is 12.5. The van der Waals surface area contributed by atoms with Crippen LogP contribution in [0.15, 0.2) is 65.6 Å². The molecule has 1 aliphatic rings. The molecule has 2 aromatic carbocycles. The molecule has 1 aliphatic heterocycles. The van der Waals surface area contributed by atoms with Gasteiger partial charge < -0.3 is 15.1 Å². The monoisotopic (exact) mass is 427 g/mol. The zero-order chi connectivity index (χ0) is 21.9. The molecule has 0 radical (unpaired) electrons. The smallest absolute Gasteiger partial charge is 0.277 e. The first-order valence-electron chi connectivity index (χ1n) is 10.9. The predicted molar refractivity (Wildman–Crippen MR) is 127 cm³/mol. The van der Waals surface area contributed by atoms with Crippen molar-refractivity contribution in [1.29, 1.82) is 0 Å². The van der Waals surface area contributed by atoms with Gasteiger partial charge in [0.2, 0.25) is 0 Å². The number of hydrogen-bond donors (Lipinski definition) is 2. The van der Waals surface area contributed by atoms with Crippen LogP contribution in [0.5, 0.6) is 0 Å². The van der Waals surface area contributed by atoms with Crippen molar-refractivity contribution in [1.82, 2.24) is 25.1 Å². The van der Waals surface area contributed by atoms with Gasteiger partial charge in [-0.3, -0.25) is 4.79 Å². The van der Waals surface area contributed by atoms with Gasteiger partial charge in [0, 0.05) is 43.1 Å². The van der Waals surface area contributed by atoms with Gasteiger partial charge in [0.1, 0.15) is 16.7 Å². The summed E-state index contributed by atoms with van der Waals surface area (Å²) >= 11 is 0. The van der Waals surface area contributed by atoms with Crippen LogP contribution in [0, 0.1) is 0 Å². The van der Waals surface area contributed by atoms with E-state index >= 15 is 0 Å². The molecular weight excluding hydrogens is 402 g/mol. The number of likely N-dealkylation sites (N-methyl/N-ethyl adjacent to an activating group) is 1. The highest BCUT2D eigenvalue weighted by atomic mass is 16.1. The summed E-state index contributed by atoms with van der Waals surface area (Å²) in [5.41, 5.74) is 3.10. The second-order valence-electron chi connectivity index (χ2n) is 7.81. The summed E-state index contributed by atoms with van der Waals surface area (Å²) in [4.78, 5) is 26.6. The van der Waals surface area contributed by atoms with E-state index in [0.29, 0.717) is 22.5 Å². The molecule has 0 spiro atoms. The minimum absolute atomic E-state index is 0.324. The Bertz CT molecular complexity index is 1260. The Morgan fingerprint density at radius 1 is 0.969 bits per heavy atom. The lowest BCUT2D eigenvalue weighted by Crippen LogP contribution is -2.46. The van der Waals surface area contributed by atoms with Crippen LogP contribution < -0.4 is 15.8 Å². The number of hydrogen-bond acceptors (Lipinski definition) is 7. The number of nitrogens with one attached hydrogen (secondary N) is 2. The number of H-pyrrole nitrogens is 1. The number of nitrogens with zero attached hydrogens (tertiary/aromatic N) is 5. The second-order valence-corrected chi connectivity index (χ2v) is 7.81. The van der Waals surface area contributed by atoms with Crippen LogP contribution in [-0.4, -0.2) is 57.8 Å². The lowest BCUT2D eigenvalue weighted by atomic mass is 10.2. The topological polar surface area (TPSA) is 90.0 Å². The Labute approximate surface area is 185 Å².